The zero-order chi connectivity index (χ0) is 15.8. The Morgan fingerprint density at radius 1 is 1.17 bits per heavy atom. The molecule has 0 saturated heterocycles. The normalized spacial score (nSPS) is 13.0. The number of anilines is 2. The molecule has 1 aliphatic heterocycles. The van der Waals surface area contributed by atoms with Crippen LogP contribution in [0.5, 0.6) is 0 Å². The van der Waals surface area contributed by atoms with Gasteiger partial charge in [-0.3, -0.25) is 4.68 Å². The Bertz CT molecular complexity index is 840. The molecule has 1 aromatic carbocycles. The second-order valence-corrected chi connectivity index (χ2v) is 5.65. The number of aromatic nitrogens is 3. The van der Waals surface area contributed by atoms with Gasteiger partial charge in [-0.2, -0.15) is 5.10 Å². The van der Waals surface area contributed by atoms with Crippen molar-refractivity contribution in [2.45, 2.75) is 6.54 Å². The largest absolute Gasteiger partial charge is 0.351 e. The smallest absolute Gasteiger partial charge is 0.151 e. The number of halogens is 1. The summed E-state index contributed by atoms with van der Waals surface area (Å²) in [6.45, 7) is 1.48. The molecule has 0 unspecified atom stereocenters. The molecule has 0 atom stereocenters. The van der Waals surface area contributed by atoms with Crippen molar-refractivity contribution < 1.29 is 4.39 Å². The Labute approximate surface area is 133 Å². The number of hydrogen-bond donors (Lipinski definition) is 1. The summed E-state index contributed by atoms with van der Waals surface area (Å²) < 4.78 is 14.9. The summed E-state index contributed by atoms with van der Waals surface area (Å²) in [7, 11) is 1.91. The summed E-state index contributed by atoms with van der Waals surface area (Å²) >= 11 is 0. The van der Waals surface area contributed by atoms with Gasteiger partial charge in [0.05, 0.1) is 18.6 Å². The first-order valence-electron chi connectivity index (χ1n) is 7.41. The highest BCUT2D eigenvalue weighted by Gasteiger charge is 2.21. The number of fused-ring (bicyclic) bond motifs is 1. The lowest BCUT2D eigenvalue weighted by atomic mass is 10.1. The van der Waals surface area contributed by atoms with Crippen molar-refractivity contribution in [2.75, 3.05) is 16.9 Å². The first-order chi connectivity index (χ1) is 11.2. The number of nitrogens with one attached hydrogen (secondary N) is 1. The van der Waals surface area contributed by atoms with Gasteiger partial charge in [0.15, 0.2) is 5.82 Å². The van der Waals surface area contributed by atoms with Crippen LogP contribution in [0.15, 0.2) is 48.9 Å². The van der Waals surface area contributed by atoms with Crippen molar-refractivity contribution in [2.24, 2.45) is 7.05 Å². The molecule has 0 radical (unpaired) electrons. The SMILES string of the molecule is Cn1cc(CN2CNc3ncc(-c4ccc(F)cc4)cc32)cn1. The number of benzene rings is 1. The van der Waals surface area contributed by atoms with Crippen LogP contribution in [-0.4, -0.2) is 21.4 Å². The second kappa shape index (κ2) is 5.39. The zero-order valence-corrected chi connectivity index (χ0v) is 12.7. The topological polar surface area (TPSA) is 46.0 Å². The first kappa shape index (κ1) is 13.8. The third kappa shape index (κ3) is 2.63. The van der Waals surface area contributed by atoms with Crippen LogP contribution in [0.3, 0.4) is 0 Å². The van der Waals surface area contributed by atoms with Gasteiger partial charge in [0.1, 0.15) is 5.82 Å². The van der Waals surface area contributed by atoms with Crippen molar-refractivity contribution in [3.05, 3.63) is 60.3 Å². The molecule has 0 saturated carbocycles. The summed E-state index contributed by atoms with van der Waals surface area (Å²) in [5.41, 5.74) is 4.13. The molecule has 0 fully saturated rings. The second-order valence-electron chi connectivity index (χ2n) is 5.65. The van der Waals surface area contributed by atoms with Gasteiger partial charge in [-0.25, -0.2) is 9.37 Å². The molecular weight excluding hydrogens is 293 g/mol. The molecule has 116 valence electrons. The van der Waals surface area contributed by atoms with E-state index in [4.69, 9.17) is 0 Å². The summed E-state index contributed by atoms with van der Waals surface area (Å²) in [6.07, 6.45) is 5.69. The van der Waals surface area contributed by atoms with Crippen LogP contribution in [0.2, 0.25) is 0 Å². The van der Waals surface area contributed by atoms with Crippen molar-refractivity contribution in [1.29, 1.82) is 0 Å². The van der Waals surface area contributed by atoms with E-state index in [1.165, 1.54) is 12.1 Å². The molecule has 1 aliphatic rings. The fraction of sp³-hybridized carbons (Fsp3) is 0.176. The van der Waals surface area contributed by atoms with Crippen molar-refractivity contribution in [3.63, 3.8) is 0 Å². The molecule has 0 bridgehead atoms. The average molecular weight is 309 g/mol. The quantitative estimate of drug-likeness (QED) is 0.808. The highest BCUT2D eigenvalue weighted by Crippen LogP contribution is 2.34. The minimum absolute atomic E-state index is 0.234. The Balaban J connectivity index is 1.64. The van der Waals surface area contributed by atoms with Gasteiger partial charge in [0, 0.05) is 37.1 Å². The fourth-order valence-corrected chi connectivity index (χ4v) is 2.80. The fourth-order valence-electron chi connectivity index (χ4n) is 2.80. The Hall–Kier alpha value is -2.89. The molecule has 23 heavy (non-hydrogen) atoms. The number of hydrogen-bond acceptors (Lipinski definition) is 4. The third-order valence-corrected chi connectivity index (χ3v) is 3.95. The molecule has 5 nitrogen and oxygen atoms in total. The Morgan fingerprint density at radius 3 is 2.74 bits per heavy atom. The lowest BCUT2D eigenvalue weighted by molar-refractivity contribution is 0.628. The summed E-state index contributed by atoms with van der Waals surface area (Å²) in [5, 5.41) is 7.50. The third-order valence-electron chi connectivity index (χ3n) is 3.95. The number of rotatable bonds is 3. The van der Waals surface area contributed by atoms with E-state index in [0.29, 0.717) is 6.67 Å². The minimum atomic E-state index is -0.234. The molecule has 3 aromatic rings. The van der Waals surface area contributed by atoms with Crippen LogP contribution in [0, 0.1) is 5.82 Å². The van der Waals surface area contributed by atoms with Gasteiger partial charge in [-0.1, -0.05) is 12.1 Å². The summed E-state index contributed by atoms with van der Waals surface area (Å²) in [5.74, 6) is 0.641. The lowest BCUT2D eigenvalue weighted by Gasteiger charge is -2.17. The summed E-state index contributed by atoms with van der Waals surface area (Å²) in [6, 6.07) is 8.56. The van der Waals surface area contributed by atoms with Crippen LogP contribution in [-0.2, 0) is 13.6 Å². The van der Waals surface area contributed by atoms with Gasteiger partial charge < -0.3 is 10.2 Å². The van der Waals surface area contributed by atoms with Gasteiger partial charge in [0.25, 0.3) is 0 Å². The van der Waals surface area contributed by atoms with Crippen LogP contribution < -0.4 is 10.2 Å². The maximum atomic E-state index is 13.1. The molecule has 4 rings (SSSR count). The highest BCUT2D eigenvalue weighted by molar-refractivity contribution is 5.77. The van der Waals surface area contributed by atoms with Crippen molar-refractivity contribution in [3.8, 4) is 11.1 Å². The van der Waals surface area contributed by atoms with Crippen LogP contribution in [0.25, 0.3) is 11.1 Å². The van der Waals surface area contributed by atoms with E-state index in [1.807, 2.05) is 25.6 Å². The molecule has 0 amide bonds. The van der Waals surface area contributed by atoms with Gasteiger partial charge in [-0.05, 0) is 23.8 Å². The van der Waals surface area contributed by atoms with Crippen LogP contribution in [0.4, 0.5) is 15.9 Å². The number of nitrogens with zero attached hydrogens (tertiary/aromatic N) is 4. The maximum Gasteiger partial charge on any atom is 0.151 e. The van der Waals surface area contributed by atoms with Crippen LogP contribution >= 0.6 is 0 Å². The highest BCUT2D eigenvalue weighted by atomic mass is 19.1. The molecule has 3 heterocycles. The van der Waals surface area contributed by atoms with Gasteiger partial charge >= 0.3 is 0 Å². The van der Waals surface area contributed by atoms with Gasteiger partial charge in [0.2, 0.25) is 0 Å². The molecule has 0 spiro atoms. The molecule has 2 aromatic heterocycles. The van der Waals surface area contributed by atoms with E-state index in [0.717, 1.165) is 34.7 Å². The monoisotopic (exact) mass is 309 g/mol. The molecule has 1 N–H and O–H groups in total. The predicted octanol–water partition coefficient (Wildman–Crippen LogP) is 3.01. The Kier molecular flexibility index (Phi) is 3.22. The number of pyridine rings is 1. The van der Waals surface area contributed by atoms with Gasteiger partial charge in [-0.15, -0.1) is 0 Å². The van der Waals surface area contributed by atoms with E-state index in [2.05, 4.69) is 26.4 Å². The zero-order valence-electron chi connectivity index (χ0n) is 12.7. The van der Waals surface area contributed by atoms with Crippen molar-refractivity contribution in [1.82, 2.24) is 14.8 Å². The van der Waals surface area contributed by atoms with Crippen molar-refractivity contribution >= 4 is 11.5 Å². The lowest BCUT2D eigenvalue weighted by Crippen LogP contribution is -2.21. The van der Waals surface area contributed by atoms with Crippen LogP contribution in [0.1, 0.15) is 5.56 Å². The molecule has 0 aliphatic carbocycles. The maximum absolute atomic E-state index is 13.1. The Morgan fingerprint density at radius 2 is 2.00 bits per heavy atom. The van der Waals surface area contributed by atoms with E-state index in [9.17, 15) is 4.39 Å². The minimum Gasteiger partial charge on any atom is -0.351 e. The predicted molar refractivity (Wildman–Crippen MR) is 87.5 cm³/mol. The van der Waals surface area contributed by atoms with E-state index >= 15 is 0 Å². The van der Waals surface area contributed by atoms with E-state index < -0.39 is 0 Å². The first-order valence-corrected chi connectivity index (χ1v) is 7.41. The standard InChI is InChI=1S/C17H16FN5/c1-22-9-12(7-21-22)10-23-11-20-17-16(23)6-14(8-19-17)13-2-4-15(18)5-3-13/h2-9H,10-11H2,1H3,(H,19,20). The van der Waals surface area contributed by atoms with E-state index in [-0.39, 0.29) is 5.82 Å². The summed E-state index contributed by atoms with van der Waals surface area (Å²) in [4.78, 5) is 6.70. The van der Waals surface area contributed by atoms with E-state index in [1.54, 1.807) is 16.8 Å². The molecular formula is C17H16FN5. The molecule has 6 heteroatoms. The number of aryl methyl sites for hydroxylation is 1. The average Bonchev–Trinajstić information content (AvgIpc) is 3.15.